The van der Waals surface area contributed by atoms with E-state index in [0.717, 1.165) is 11.8 Å². The lowest BCUT2D eigenvalue weighted by molar-refractivity contribution is 0.106. The minimum Gasteiger partial charge on any atom is -0.346 e. The van der Waals surface area contributed by atoms with Gasteiger partial charge in [-0.2, -0.15) is 0 Å². The van der Waals surface area contributed by atoms with E-state index in [1.54, 1.807) is 11.3 Å². The molecule has 0 amide bonds. The van der Waals surface area contributed by atoms with Crippen LogP contribution in [0.25, 0.3) is 0 Å². The Bertz CT molecular complexity index is 970. The van der Waals surface area contributed by atoms with Gasteiger partial charge < -0.3 is 9.80 Å². The van der Waals surface area contributed by atoms with Crippen molar-refractivity contribution in [3.8, 4) is 0 Å². The molecule has 1 saturated heterocycles. The topological polar surface area (TPSA) is 6.48 Å². The zero-order valence-corrected chi connectivity index (χ0v) is 20.3. The summed E-state index contributed by atoms with van der Waals surface area (Å²) in [6.45, 7) is 7.30. The summed E-state index contributed by atoms with van der Waals surface area (Å²) in [5.41, 5.74) is 6.42. The molecule has 2 heterocycles. The average Bonchev–Trinajstić information content (AvgIpc) is 3.51. The Hall–Kier alpha value is -1.96. The predicted octanol–water partition coefficient (Wildman–Crippen LogP) is 7.45. The largest absolute Gasteiger partial charge is 0.346 e. The molecular formula is C30H40N2. The van der Waals surface area contributed by atoms with Crippen LogP contribution in [0.1, 0.15) is 82.8 Å². The zero-order valence-electron chi connectivity index (χ0n) is 20.3. The van der Waals surface area contributed by atoms with Gasteiger partial charge in [-0.3, -0.25) is 0 Å². The Balaban J connectivity index is 1.55. The Kier molecular flexibility index (Phi) is 5.04. The third-order valence-electron chi connectivity index (χ3n) is 9.84. The van der Waals surface area contributed by atoms with E-state index in [1.807, 2.05) is 0 Å². The van der Waals surface area contributed by atoms with Crippen LogP contribution < -0.4 is 9.80 Å². The van der Waals surface area contributed by atoms with Crippen LogP contribution in [0.15, 0.2) is 48.5 Å². The van der Waals surface area contributed by atoms with Crippen LogP contribution >= 0.6 is 0 Å². The molecule has 0 spiro atoms. The highest BCUT2D eigenvalue weighted by atomic mass is 15.5. The fraction of sp³-hybridized carbons (Fsp3) is 0.600. The maximum atomic E-state index is 2.87. The minimum absolute atomic E-state index is 0.318. The molecular weight excluding hydrogens is 388 g/mol. The second-order valence-electron chi connectivity index (χ2n) is 11.2. The molecule has 2 saturated carbocycles. The van der Waals surface area contributed by atoms with E-state index in [2.05, 4.69) is 79.1 Å². The number of hydrogen-bond acceptors (Lipinski definition) is 2. The zero-order chi connectivity index (χ0) is 21.9. The summed E-state index contributed by atoms with van der Waals surface area (Å²) in [5.74, 6) is 1.68. The smallest absolute Gasteiger partial charge is 0.0994 e. The minimum atomic E-state index is 0.318. The van der Waals surface area contributed by atoms with E-state index in [1.165, 1.54) is 69.0 Å². The van der Waals surface area contributed by atoms with E-state index in [0.29, 0.717) is 23.7 Å². The summed E-state index contributed by atoms with van der Waals surface area (Å²) < 4.78 is 0. The fourth-order valence-corrected chi connectivity index (χ4v) is 8.81. The summed E-state index contributed by atoms with van der Waals surface area (Å²) >= 11 is 0. The van der Waals surface area contributed by atoms with E-state index >= 15 is 0 Å². The van der Waals surface area contributed by atoms with E-state index in [-0.39, 0.29) is 0 Å². The lowest BCUT2D eigenvalue weighted by Crippen LogP contribution is -2.56. The quantitative estimate of drug-likeness (QED) is 0.501. The first-order valence-corrected chi connectivity index (χ1v) is 13.4. The molecule has 6 rings (SSSR count). The van der Waals surface area contributed by atoms with Crippen LogP contribution in [0.5, 0.6) is 0 Å². The summed E-state index contributed by atoms with van der Waals surface area (Å²) in [5, 5.41) is 0. The summed E-state index contributed by atoms with van der Waals surface area (Å²) in [6.07, 6.45) is 13.3. The highest BCUT2D eigenvalue weighted by Gasteiger charge is 2.65. The molecule has 32 heavy (non-hydrogen) atoms. The van der Waals surface area contributed by atoms with Gasteiger partial charge in [0.05, 0.1) is 12.2 Å². The lowest BCUT2D eigenvalue weighted by atomic mass is 9.55. The molecule has 2 aromatic rings. The van der Waals surface area contributed by atoms with Gasteiger partial charge in [0.2, 0.25) is 0 Å². The first-order chi connectivity index (χ1) is 15.7. The van der Waals surface area contributed by atoms with Crippen molar-refractivity contribution >= 4 is 11.4 Å². The maximum Gasteiger partial charge on any atom is 0.0994 e. The Morgan fingerprint density at radius 1 is 0.688 bits per heavy atom. The number of nitrogens with zero attached hydrogens (tertiary/aromatic N) is 2. The van der Waals surface area contributed by atoms with Gasteiger partial charge in [0.1, 0.15) is 0 Å². The second-order valence-corrected chi connectivity index (χ2v) is 11.2. The molecule has 2 aliphatic carbocycles. The van der Waals surface area contributed by atoms with Gasteiger partial charge in [0.25, 0.3) is 0 Å². The van der Waals surface area contributed by atoms with Crippen LogP contribution in [0.2, 0.25) is 0 Å². The molecule has 170 valence electrons. The lowest BCUT2D eigenvalue weighted by Gasteiger charge is -2.50. The highest BCUT2D eigenvalue weighted by Crippen LogP contribution is 2.63. The molecule has 3 unspecified atom stereocenters. The number of fused-ring (bicyclic) bond motifs is 3. The number of anilines is 2. The summed E-state index contributed by atoms with van der Waals surface area (Å²) in [4.78, 5) is 5.64. The van der Waals surface area contributed by atoms with Crippen molar-refractivity contribution in [2.75, 3.05) is 9.80 Å². The number of benzene rings is 2. The van der Waals surface area contributed by atoms with Crippen molar-refractivity contribution in [3.05, 3.63) is 59.7 Å². The van der Waals surface area contributed by atoms with Gasteiger partial charge in [0, 0.05) is 22.8 Å². The normalized spacial score (nSPS) is 33.0. The first-order valence-electron chi connectivity index (χ1n) is 13.4. The molecule has 4 atom stereocenters. The molecule has 2 aromatic carbocycles. The van der Waals surface area contributed by atoms with Gasteiger partial charge in [-0.15, -0.1) is 0 Å². The van der Waals surface area contributed by atoms with Crippen LogP contribution in [-0.4, -0.2) is 18.2 Å². The molecule has 3 fully saturated rings. The Morgan fingerprint density at radius 2 is 1.25 bits per heavy atom. The molecule has 2 nitrogen and oxygen atoms in total. The van der Waals surface area contributed by atoms with E-state index in [4.69, 9.17) is 0 Å². The van der Waals surface area contributed by atoms with Crippen molar-refractivity contribution < 1.29 is 0 Å². The van der Waals surface area contributed by atoms with E-state index < -0.39 is 0 Å². The maximum absolute atomic E-state index is 2.87. The van der Waals surface area contributed by atoms with Crippen LogP contribution in [0.3, 0.4) is 0 Å². The van der Waals surface area contributed by atoms with Crippen LogP contribution in [-0.2, 0) is 5.41 Å². The van der Waals surface area contributed by atoms with Crippen molar-refractivity contribution in [3.63, 3.8) is 0 Å². The molecule has 0 aromatic heterocycles. The molecule has 4 aliphatic rings. The predicted molar refractivity (Wildman–Crippen MR) is 136 cm³/mol. The first kappa shape index (κ1) is 20.6. The number of rotatable bonds is 3. The molecule has 2 aliphatic heterocycles. The third-order valence-corrected chi connectivity index (χ3v) is 9.84. The average molecular weight is 429 g/mol. The standard InChI is InChI=1S/C30H40N2/c1-21-13-7-11-19-27(21)31-22(2)29-30(25-16-8-9-17-25,24-14-5-4-6-15-24)26-18-10-12-20-28(26)32(29)23(31)3/h7,10-13,18-20,22-25,29H,4-6,8-9,14-17H2,1-3H3/t22-,23?,29?,30?/m0/s1. The van der Waals surface area contributed by atoms with Gasteiger partial charge in [0.15, 0.2) is 0 Å². The molecule has 2 heteroatoms. The Morgan fingerprint density at radius 3 is 1.91 bits per heavy atom. The van der Waals surface area contributed by atoms with E-state index in [9.17, 15) is 0 Å². The molecule has 0 radical (unpaired) electrons. The SMILES string of the molecule is Cc1ccccc1N1C(C)N2c3ccccc3C(C3CCCCC3)(C3CCCC3)C2[C@@H]1C. The monoisotopic (exact) mass is 428 g/mol. The van der Waals surface area contributed by atoms with Crippen LogP contribution in [0, 0.1) is 18.8 Å². The van der Waals surface area contributed by atoms with Crippen molar-refractivity contribution in [2.24, 2.45) is 11.8 Å². The number of hydrogen-bond donors (Lipinski definition) is 0. The van der Waals surface area contributed by atoms with Gasteiger partial charge >= 0.3 is 0 Å². The second kappa shape index (κ2) is 7.82. The fourth-order valence-electron chi connectivity index (χ4n) is 8.81. The third kappa shape index (κ3) is 2.71. The number of aryl methyl sites for hydroxylation is 1. The number of para-hydroxylation sites is 2. The van der Waals surface area contributed by atoms with Crippen molar-refractivity contribution in [1.29, 1.82) is 0 Å². The van der Waals surface area contributed by atoms with Gasteiger partial charge in [-0.25, -0.2) is 0 Å². The van der Waals surface area contributed by atoms with Crippen molar-refractivity contribution in [1.82, 2.24) is 0 Å². The summed E-state index contributed by atoms with van der Waals surface area (Å²) in [7, 11) is 0. The highest BCUT2D eigenvalue weighted by molar-refractivity contribution is 5.72. The van der Waals surface area contributed by atoms with Gasteiger partial charge in [-0.05, 0) is 81.5 Å². The van der Waals surface area contributed by atoms with Gasteiger partial charge in [-0.1, -0.05) is 68.5 Å². The van der Waals surface area contributed by atoms with Crippen LogP contribution in [0.4, 0.5) is 11.4 Å². The summed E-state index contributed by atoms with van der Waals surface area (Å²) in [6, 6.07) is 19.8. The molecule has 0 N–H and O–H groups in total. The molecule has 0 bridgehead atoms. The Labute approximate surface area is 195 Å². The van der Waals surface area contributed by atoms with Crippen molar-refractivity contribution in [2.45, 2.75) is 102 Å².